The van der Waals surface area contributed by atoms with Crippen LogP contribution in [0, 0.1) is 0 Å². The van der Waals surface area contributed by atoms with E-state index in [9.17, 15) is 18.0 Å². The smallest absolute Gasteiger partial charge is 0.368 e. The number of nitrogens with zero attached hydrogens (tertiary/aromatic N) is 1. The molecule has 116 valence electrons. The van der Waals surface area contributed by atoms with Gasteiger partial charge in [0.2, 0.25) is 0 Å². The second kappa shape index (κ2) is 6.50. The molecule has 0 aromatic heterocycles. The summed E-state index contributed by atoms with van der Waals surface area (Å²) in [7, 11) is 0. The van der Waals surface area contributed by atoms with Crippen LogP contribution in [0.2, 0.25) is 0 Å². The molecule has 1 saturated heterocycles. The minimum atomic E-state index is -4.44. The van der Waals surface area contributed by atoms with Crippen LogP contribution >= 0.6 is 0 Å². The zero-order chi connectivity index (χ0) is 15.5. The first-order valence-electron chi connectivity index (χ1n) is 7.40. The maximum absolute atomic E-state index is 13.3. The van der Waals surface area contributed by atoms with Crippen molar-refractivity contribution >= 4 is 12.0 Å². The summed E-state index contributed by atoms with van der Waals surface area (Å²) in [4.78, 5) is 12.6. The highest BCUT2D eigenvalue weighted by Gasteiger charge is 2.36. The number of aldehydes is 1. The molecule has 0 bridgehead atoms. The Hall–Kier alpha value is -1.52. The Labute approximate surface area is 122 Å². The van der Waals surface area contributed by atoms with Crippen LogP contribution in [-0.2, 0) is 6.18 Å². The van der Waals surface area contributed by atoms with Crippen LogP contribution in [0.1, 0.15) is 54.9 Å². The zero-order valence-corrected chi connectivity index (χ0v) is 12.1. The fraction of sp³-hybridized carbons (Fsp3) is 0.562. The number of anilines is 1. The standard InChI is InChI=1S/C16H20F3NO/c1-2-5-13-6-3-4-9-20(13)15-8-7-12(11-21)10-14(15)16(17,18)19/h7-8,10-11,13H,2-6,9H2,1H3. The molecular formula is C16H20F3NO. The molecule has 0 amide bonds. The van der Waals surface area contributed by atoms with E-state index in [2.05, 4.69) is 0 Å². The van der Waals surface area contributed by atoms with Crippen LogP contribution in [0.5, 0.6) is 0 Å². The number of alkyl halides is 3. The van der Waals surface area contributed by atoms with Crippen LogP contribution < -0.4 is 4.90 Å². The number of hydrogen-bond acceptors (Lipinski definition) is 2. The number of rotatable bonds is 4. The van der Waals surface area contributed by atoms with Gasteiger partial charge in [-0.15, -0.1) is 0 Å². The van der Waals surface area contributed by atoms with Gasteiger partial charge in [0.15, 0.2) is 0 Å². The molecule has 1 unspecified atom stereocenters. The minimum absolute atomic E-state index is 0.0649. The Bertz CT molecular complexity index is 497. The maximum atomic E-state index is 13.3. The maximum Gasteiger partial charge on any atom is 0.418 e. The second-order valence-corrected chi connectivity index (χ2v) is 5.52. The third kappa shape index (κ3) is 3.57. The molecule has 5 heteroatoms. The van der Waals surface area contributed by atoms with Gasteiger partial charge in [0, 0.05) is 23.8 Å². The number of benzene rings is 1. The van der Waals surface area contributed by atoms with E-state index in [0.29, 0.717) is 12.8 Å². The summed E-state index contributed by atoms with van der Waals surface area (Å²) >= 11 is 0. The Morgan fingerprint density at radius 3 is 2.71 bits per heavy atom. The Kier molecular flexibility index (Phi) is 4.91. The van der Waals surface area contributed by atoms with Crippen molar-refractivity contribution in [3.05, 3.63) is 29.3 Å². The van der Waals surface area contributed by atoms with E-state index in [1.807, 2.05) is 11.8 Å². The first kappa shape index (κ1) is 15.9. The predicted molar refractivity (Wildman–Crippen MR) is 76.7 cm³/mol. The van der Waals surface area contributed by atoms with Crippen molar-refractivity contribution in [2.45, 2.75) is 51.2 Å². The van der Waals surface area contributed by atoms with Crippen LogP contribution in [0.3, 0.4) is 0 Å². The number of hydrogen-bond donors (Lipinski definition) is 0. The summed E-state index contributed by atoms with van der Waals surface area (Å²) in [6.45, 7) is 2.70. The molecule has 0 spiro atoms. The first-order valence-corrected chi connectivity index (χ1v) is 7.40. The van der Waals surface area contributed by atoms with Gasteiger partial charge in [-0.3, -0.25) is 4.79 Å². The van der Waals surface area contributed by atoms with E-state index in [1.54, 1.807) is 0 Å². The molecule has 1 aliphatic rings. The lowest BCUT2D eigenvalue weighted by atomic mass is 9.96. The molecule has 0 radical (unpaired) electrons. The average molecular weight is 299 g/mol. The summed E-state index contributed by atoms with van der Waals surface area (Å²) in [5.74, 6) is 0. The van der Waals surface area contributed by atoms with Gasteiger partial charge in [0.1, 0.15) is 6.29 Å². The Morgan fingerprint density at radius 1 is 1.33 bits per heavy atom. The fourth-order valence-electron chi connectivity index (χ4n) is 3.06. The molecule has 1 fully saturated rings. The topological polar surface area (TPSA) is 20.3 Å². The van der Waals surface area contributed by atoms with Crippen molar-refractivity contribution in [3.63, 3.8) is 0 Å². The molecule has 1 aliphatic heterocycles. The van der Waals surface area contributed by atoms with Crippen molar-refractivity contribution in [2.75, 3.05) is 11.4 Å². The molecule has 1 aromatic rings. The number of piperidine rings is 1. The highest BCUT2D eigenvalue weighted by molar-refractivity contribution is 5.77. The molecule has 2 rings (SSSR count). The molecule has 0 aliphatic carbocycles. The summed E-state index contributed by atoms with van der Waals surface area (Å²) in [6.07, 6.45) is 0.769. The monoisotopic (exact) mass is 299 g/mol. The third-order valence-electron chi connectivity index (χ3n) is 4.02. The predicted octanol–water partition coefficient (Wildman–Crippen LogP) is 4.68. The molecule has 0 N–H and O–H groups in total. The van der Waals surface area contributed by atoms with E-state index in [4.69, 9.17) is 0 Å². The van der Waals surface area contributed by atoms with Gasteiger partial charge in [-0.2, -0.15) is 13.2 Å². The molecule has 1 aromatic carbocycles. The SMILES string of the molecule is CCCC1CCCCN1c1ccc(C=O)cc1C(F)(F)F. The molecule has 1 heterocycles. The van der Waals surface area contributed by atoms with Crippen molar-refractivity contribution in [3.8, 4) is 0 Å². The van der Waals surface area contributed by atoms with Crippen LogP contribution in [0.4, 0.5) is 18.9 Å². The average Bonchev–Trinajstić information content (AvgIpc) is 2.47. The molecule has 21 heavy (non-hydrogen) atoms. The van der Waals surface area contributed by atoms with Gasteiger partial charge in [-0.05, 0) is 43.9 Å². The van der Waals surface area contributed by atoms with Gasteiger partial charge in [-0.25, -0.2) is 0 Å². The Morgan fingerprint density at radius 2 is 2.10 bits per heavy atom. The lowest BCUT2D eigenvalue weighted by molar-refractivity contribution is -0.137. The van der Waals surface area contributed by atoms with Crippen LogP contribution in [-0.4, -0.2) is 18.9 Å². The lowest BCUT2D eigenvalue weighted by Crippen LogP contribution is -2.40. The highest BCUT2D eigenvalue weighted by atomic mass is 19.4. The third-order valence-corrected chi connectivity index (χ3v) is 4.02. The molecular weight excluding hydrogens is 279 g/mol. The summed E-state index contributed by atoms with van der Waals surface area (Å²) in [5, 5.41) is 0. The van der Waals surface area contributed by atoms with Crippen LogP contribution in [0.15, 0.2) is 18.2 Å². The number of carbonyl (C=O) groups excluding carboxylic acids is 1. The van der Waals surface area contributed by atoms with E-state index >= 15 is 0 Å². The normalized spacial score (nSPS) is 19.6. The number of carbonyl (C=O) groups is 1. The largest absolute Gasteiger partial charge is 0.418 e. The van der Waals surface area contributed by atoms with Crippen molar-refractivity contribution in [1.29, 1.82) is 0 Å². The lowest BCUT2D eigenvalue weighted by Gasteiger charge is -2.39. The van der Waals surface area contributed by atoms with Gasteiger partial charge < -0.3 is 4.90 Å². The van der Waals surface area contributed by atoms with Crippen LogP contribution in [0.25, 0.3) is 0 Å². The van der Waals surface area contributed by atoms with Crippen molar-refractivity contribution in [1.82, 2.24) is 0 Å². The molecule has 2 nitrogen and oxygen atoms in total. The van der Waals surface area contributed by atoms with E-state index < -0.39 is 11.7 Å². The fourth-order valence-corrected chi connectivity index (χ4v) is 3.06. The molecule has 1 atom stereocenters. The zero-order valence-electron chi connectivity index (χ0n) is 12.1. The van der Waals surface area contributed by atoms with Crippen molar-refractivity contribution in [2.24, 2.45) is 0 Å². The summed E-state index contributed by atoms with van der Waals surface area (Å²) in [6, 6.07) is 4.03. The number of halogens is 3. The summed E-state index contributed by atoms with van der Waals surface area (Å²) < 4.78 is 39.9. The van der Waals surface area contributed by atoms with E-state index in [1.165, 1.54) is 12.1 Å². The van der Waals surface area contributed by atoms with Gasteiger partial charge in [0.05, 0.1) is 5.56 Å². The molecule has 0 saturated carbocycles. The minimum Gasteiger partial charge on any atom is -0.368 e. The Balaban J connectivity index is 2.43. The highest BCUT2D eigenvalue weighted by Crippen LogP contribution is 2.39. The van der Waals surface area contributed by atoms with E-state index in [-0.39, 0.29) is 17.3 Å². The quantitative estimate of drug-likeness (QED) is 0.753. The summed E-state index contributed by atoms with van der Waals surface area (Å²) in [5.41, 5.74) is -0.420. The van der Waals surface area contributed by atoms with Crippen molar-refractivity contribution < 1.29 is 18.0 Å². The first-order chi connectivity index (χ1) is 9.97. The van der Waals surface area contributed by atoms with Gasteiger partial charge >= 0.3 is 6.18 Å². The second-order valence-electron chi connectivity index (χ2n) is 5.52. The van der Waals surface area contributed by atoms with Gasteiger partial charge in [-0.1, -0.05) is 13.3 Å². The van der Waals surface area contributed by atoms with Gasteiger partial charge in [0.25, 0.3) is 0 Å². The van der Waals surface area contributed by atoms with E-state index in [0.717, 1.165) is 38.2 Å².